The van der Waals surface area contributed by atoms with Gasteiger partial charge in [-0.2, -0.15) is 0 Å². The summed E-state index contributed by atoms with van der Waals surface area (Å²) in [5.74, 6) is -2.48. The predicted octanol–water partition coefficient (Wildman–Crippen LogP) is 5.80. The number of nitrogens with zero attached hydrogens (tertiary/aromatic N) is 3. The SMILES string of the molecule is C=CCN(Cc1ccccc1)C(=O)[C@H]1[C@H]2C(=O)N([C@@H](CO)Cc3ccccc3)C(C(=O)N(CC=C)c3c(C)cccc3C)C23CC[C@]1(CC)O3. The summed E-state index contributed by atoms with van der Waals surface area (Å²) in [6, 6.07) is 23.6. The fraction of sp³-hybridized carbons (Fsp3) is 0.405. The molecule has 262 valence electrons. The Labute approximate surface area is 296 Å². The van der Waals surface area contributed by atoms with E-state index in [0.717, 1.165) is 27.9 Å². The molecule has 3 fully saturated rings. The first kappa shape index (κ1) is 35.3. The lowest BCUT2D eigenvalue weighted by molar-refractivity contribution is -0.153. The molecule has 3 aromatic rings. The molecule has 3 saturated heterocycles. The average molecular weight is 676 g/mol. The van der Waals surface area contributed by atoms with Crippen molar-refractivity contribution in [2.75, 3.05) is 24.6 Å². The van der Waals surface area contributed by atoms with Crippen LogP contribution in [0, 0.1) is 25.7 Å². The molecule has 0 saturated carbocycles. The number of benzene rings is 3. The Bertz CT molecular complexity index is 1720. The first-order valence-electron chi connectivity index (χ1n) is 17.8. The highest BCUT2D eigenvalue weighted by atomic mass is 16.5. The molecule has 0 radical (unpaired) electrons. The zero-order valence-corrected chi connectivity index (χ0v) is 29.5. The lowest BCUT2D eigenvalue weighted by Crippen LogP contribution is -2.59. The smallest absolute Gasteiger partial charge is 0.253 e. The standard InChI is InChI=1S/C42H49N3O5/c1-6-24-43(27-32-20-13-10-14-21-32)38(47)34-35-39(48)45(33(28-46)26-31-18-11-9-12-19-31)37(42(35)23-22-41(34,8-3)50-42)40(49)44(25-7-2)36-29(4)16-15-17-30(36)5/h6-7,9-21,33-35,37,46H,1-2,8,22-28H2,3-5H3/t33-,34-,35+,37?,41+,42?/m1/s1. The number of rotatable bonds is 14. The van der Waals surface area contributed by atoms with Gasteiger partial charge >= 0.3 is 0 Å². The van der Waals surface area contributed by atoms with Crippen molar-refractivity contribution in [1.82, 2.24) is 9.80 Å². The van der Waals surface area contributed by atoms with Gasteiger partial charge in [-0.3, -0.25) is 14.4 Å². The Morgan fingerprint density at radius 1 is 0.920 bits per heavy atom. The van der Waals surface area contributed by atoms with Crippen molar-refractivity contribution in [2.24, 2.45) is 11.8 Å². The van der Waals surface area contributed by atoms with Crippen LogP contribution in [0.1, 0.15) is 48.4 Å². The van der Waals surface area contributed by atoms with Gasteiger partial charge in [-0.15, -0.1) is 13.2 Å². The van der Waals surface area contributed by atoms with Gasteiger partial charge in [-0.1, -0.05) is 97.9 Å². The number of hydrogen-bond acceptors (Lipinski definition) is 5. The molecule has 3 heterocycles. The Morgan fingerprint density at radius 2 is 1.54 bits per heavy atom. The fourth-order valence-electron chi connectivity index (χ4n) is 9.03. The van der Waals surface area contributed by atoms with E-state index in [4.69, 9.17) is 4.74 Å². The minimum atomic E-state index is -1.25. The topological polar surface area (TPSA) is 90.4 Å². The fourth-order valence-corrected chi connectivity index (χ4v) is 9.03. The van der Waals surface area contributed by atoms with Crippen LogP contribution in [0.15, 0.2) is 104 Å². The molecule has 3 aliphatic rings. The molecule has 2 unspecified atom stereocenters. The van der Waals surface area contributed by atoms with Crippen LogP contribution in [-0.2, 0) is 32.1 Å². The number of likely N-dealkylation sites (tertiary alicyclic amines) is 1. The van der Waals surface area contributed by atoms with Gasteiger partial charge in [0.05, 0.1) is 30.1 Å². The largest absolute Gasteiger partial charge is 0.394 e. The second-order valence-corrected chi connectivity index (χ2v) is 14.1. The predicted molar refractivity (Wildman–Crippen MR) is 195 cm³/mol. The summed E-state index contributed by atoms with van der Waals surface area (Å²) < 4.78 is 7.15. The number of para-hydroxylation sites is 1. The molecule has 8 nitrogen and oxygen atoms in total. The van der Waals surface area contributed by atoms with Crippen LogP contribution in [0.5, 0.6) is 0 Å². The zero-order chi connectivity index (χ0) is 35.6. The maximum atomic E-state index is 15.4. The van der Waals surface area contributed by atoms with Gasteiger partial charge in [0.25, 0.3) is 5.91 Å². The van der Waals surface area contributed by atoms with Crippen molar-refractivity contribution in [3.05, 3.63) is 126 Å². The van der Waals surface area contributed by atoms with Crippen molar-refractivity contribution < 1.29 is 24.2 Å². The first-order chi connectivity index (χ1) is 24.2. The highest BCUT2D eigenvalue weighted by molar-refractivity contribution is 6.06. The van der Waals surface area contributed by atoms with E-state index in [1.807, 2.05) is 99.6 Å². The van der Waals surface area contributed by atoms with E-state index in [-0.39, 0.29) is 30.9 Å². The lowest BCUT2D eigenvalue weighted by atomic mass is 9.64. The molecule has 3 aromatic carbocycles. The third kappa shape index (κ3) is 5.88. The highest BCUT2D eigenvalue weighted by Gasteiger charge is 2.79. The summed E-state index contributed by atoms with van der Waals surface area (Å²) in [4.78, 5) is 50.5. The maximum absolute atomic E-state index is 15.4. The minimum Gasteiger partial charge on any atom is -0.394 e. The first-order valence-corrected chi connectivity index (χ1v) is 17.8. The Kier molecular flexibility index (Phi) is 10.1. The van der Waals surface area contributed by atoms with E-state index < -0.39 is 35.1 Å². The van der Waals surface area contributed by atoms with Crippen LogP contribution in [0.4, 0.5) is 5.69 Å². The van der Waals surface area contributed by atoms with Gasteiger partial charge in [-0.25, -0.2) is 0 Å². The number of fused-ring (bicyclic) bond motifs is 1. The summed E-state index contributed by atoms with van der Waals surface area (Å²) >= 11 is 0. The maximum Gasteiger partial charge on any atom is 0.253 e. The van der Waals surface area contributed by atoms with Gasteiger partial charge < -0.3 is 24.5 Å². The molecule has 6 rings (SSSR count). The third-order valence-electron chi connectivity index (χ3n) is 11.2. The van der Waals surface area contributed by atoms with Gasteiger partial charge in [0.2, 0.25) is 11.8 Å². The minimum absolute atomic E-state index is 0.176. The van der Waals surface area contributed by atoms with Crippen LogP contribution in [0.3, 0.4) is 0 Å². The molecule has 3 amide bonds. The van der Waals surface area contributed by atoms with Crippen molar-refractivity contribution in [3.63, 3.8) is 0 Å². The lowest BCUT2D eigenvalue weighted by Gasteiger charge is -2.40. The average Bonchev–Trinajstić information content (AvgIpc) is 3.73. The number of hydrogen-bond donors (Lipinski definition) is 1. The van der Waals surface area contributed by atoms with E-state index in [2.05, 4.69) is 13.2 Å². The molecule has 2 bridgehead atoms. The van der Waals surface area contributed by atoms with E-state index >= 15 is 9.59 Å². The molecule has 3 aliphatic heterocycles. The van der Waals surface area contributed by atoms with Crippen LogP contribution in [-0.4, -0.2) is 75.6 Å². The number of carbonyl (C=O) groups is 3. The number of ether oxygens (including phenoxy) is 1. The van der Waals surface area contributed by atoms with Crippen LogP contribution < -0.4 is 4.90 Å². The van der Waals surface area contributed by atoms with Crippen LogP contribution >= 0.6 is 0 Å². The van der Waals surface area contributed by atoms with Gasteiger partial charge in [0.1, 0.15) is 11.6 Å². The number of aliphatic hydroxyl groups excluding tert-OH is 1. The molecule has 50 heavy (non-hydrogen) atoms. The summed E-state index contributed by atoms with van der Waals surface area (Å²) in [5.41, 5.74) is 2.34. The molecule has 6 atom stereocenters. The van der Waals surface area contributed by atoms with E-state index in [1.54, 1.807) is 26.9 Å². The normalized spacial score (nSPS) is 25.6. The van der Waals surface area contributed by atoms with Gasteiger partial charge in [0, 0.05) is 25.3 Å². The Hall–Kier alpha value is -4.53. The van der Waals surface area contributed by atoms with E-state index in [0.29, 0.717) is 38.8 Å². The van der Waals surface area contributed by atoms with Crippen molar-refractivity contribution in [1.29, 1.82) is 0 Å². The molecule has 8 heteroatoms. The Balaban J connectivity index is 1.49. The van der Waals surface area contributed by atoms with E-state index in [9.17, 15) is 9.90 Å². The monoisotopic (exact) mass is 675 g/mol. The summed E-state index contributed by atoms with van der Waals surface area (Å²) in [6.45, 7) is 14.4. The molecule has 1 spiro atoms. The number of aliphatic hydroxyl groups is 1. The number of amides is 3. The van der Waals surface area contributed by atoms with Crippen LogP contribution in [0.2, 0.25) is 0 Å². The highest BCUT2D eigenvalue weighted by Crippen LogP contribution is 2.65. The molecular formula is C42H49N3O5. The van der Waals surface area contributed by atoms with E-state index in [1.165, 1.54) is 0 Å². The third-order valence-corrected chi connectivity index (χ3v) is 11.2. The second kappa shape index (κ2) is 14.4. The number of anilines is 1. The molecule has 1 N–H and O–H groups in total. The number of aryl methyl sites for hydroxylation is 2. The summed E-state index contributed by atoms with van der Waals surface area (Å²) in [5, 5.41) is 11.0. The molecule has 0 aromatic heterocycles. The van der Waals surface area contributed by atoms with Crippen molar-refractivity contribution >= 4 is 23.4 Å². The molecule has 0 aliphatic carbocycles. The number of carbonyl (C=O) groups excluding carboxylic acids is 3. The zero-order valence-electron chi connectivity index (χ0n) is 29.5. The van der Waals surface area contributed by atoms with Crippen molar-refractivity contribution in [3.8, 4) is 0 Å². The summed E-state index contributed by atoms with van der Waals surface area (Å²) in [6.07, 6.45) is 5.25. The van der Waals surface area contributed by atoms with Gasteiger partial charge in [0.15, 0.2) is 0 Å². The second-order valence-electron chi connectivity index (χ2n) is 14.1. The Morgan fingerprint density at radius 3 is 2.12 bits per heavy atom. The quantitative estimate of drug-likeness (QED) is 0.219. The van der Waals surface area contributed by atoms with Crippen molar-refractivity contribution in [2.45, 2.75) is 76.3 Å². The van der Waals surface area contributed by atoms with Crippen LogP contribution in [0.25, 0.3) is 0 Å². The van der Waals surface area contributed by atoms with Gasteiger partial charge in [-0.05, 0) is 61.8 Å². The molecular weight excluding hydrogens is 626 g/mol. The summed E-state index contributed by atoms with van der Waals surface area (Å²) in [7, 11) is 0.